The molecule has 116 valence electrons. The normalized spacial score (nSPS) is 24.5. The summed E-state index contributed by atoms with van der Waals surface area (Å²) >= 11 is 0. The molecule has 4 nitrogen and oxygen atoms in total. The minimum absolute atomic E-state index is 0.0360. The lowest BCUT2D eigenvalue weighted by Gasteiger charge is -2.31. The molecule has 0 unspecified atom stereocenters. The number of allylic oxidation sites excluding steroid dienone is 2. The second-order valence-electron chi connectivity index (χ2n) is 6.07. The lowest BCUT2D eigenvalue weighted by Crippen LogP contribution is -2.42. The van der Waals surface area contributed by atoms with Crippen molar-refractivity contribution in [3.05, 3.63) is 42.0 Å². The molecule has 4 heteroatoms. The number of aliphatic carboxylic acids is 1. The quantitative estimate of drug-likeness (QED) is 0.854. The summed E-state index contributed by atoms with van der Waals surface area (Å²) in [7, 11) is 0. The molecule has 1 aliphatic heterocycles. The van der Waals surface area contributed by atoms with Crippen molar-refractivity contribution in [2.45, 2.75) is 32.1 Å². The predicted molar refractivity (Wildman–Crippen MR) is 84.7 cm³/mol. The van der Waals surface area contributed by atoms with Gasteiger partial charge in [-0.15, -0.1) is 0 Å². The molecule has 0 spiro atoms. The monoisotopic (exact) mass is 299 g/mol. The Balaban J connectivity index is 1.91. The van der Waals surface area contributed by atoms with Gasteiger partial charge in [-0.05, 0) is 43.7 Å². The van der Waals surface area contributed by atoms with Crippen LogP contribution in [-0.2, 0) is 16.0 Å². The number of anilines is 1. The molecular weight excluding hydrogens is 278 g/mol. The number of para-hydroxylation sites is 1. The summed E-state index contributed by atoms with van der Waals surface area (Å²) in [5.41, 5.74) is 2.15. The number of amides is 1. The second-order valence-corrected chi connectivity index (χ2v) is 6.07. The third-order valence-corrected chi connectivity index (χ3v) is 4.69. The van der Waals surface area contributed by atoms with E-state index in [0.717, 1.165) is 24.9 Å². The van der Waals surface area contributed by atoms with Gasteiger partial charge in [0.05, 0.1) is 11.8 Å². The lowest BCUT2D eigenvalue weighted by molar-refractivity contribution is -0.146. The van der Waals surface area contributed by atoms with Crippen LogP contribution in [0, 0.1) is 11.8 Å². The van der Waals surface area contributed by atoms with Gasteiger partial charge in [-0.1, -0.05) is 30.4 Å². The van der Waals surface area contributed by atoms with E-state index in [1.54, 1.807) is 0 Å². The highest BCUT2D eigenvalue weighted by Gasteiger charge is 2.37. The topological polar surface area (TPSA) is 57.6 Å². The highest BCUT2D eigenvalue weighted by atomic mass is 16.4. The third-order valence-electron chi connectivity index (χ3n) is 4.69. The Labute approximate surface area is 130 Å². The first-order valence-corrected chi connectivity index (χ1v) is 7.95. The second kappa shape index (κ2) is 6.34. The molecule has 0 radical (unpaired) electrons. The maximum atomic E-state index is 13.0. The van der Waals surface area contributed by atoms with Gasteiger partial charge in [-0.25, -0.2) is 0 Å². The SMILES string of the molecule is O=C(O)[C@@H]1CC=CC[C@H]1C(=O)N1CCCCc2ccccc21. The predicted octanol–water partition coefficient (Wildman–Crippen LogP) is 3.02. The van der Waals surface area contributed by atoms with Gasteiger partial charge in [0, 0.05) is 12.2 Å². The Morgan fingerprint density at radius 1 is 1.05 bits per heavy atom. The first-order valence-electron chi connectivity index (χ1n) is 7.95. The van der Waals surface area contributed by atoms with Crippen molar-refractivity contribution >= 4 is 17.6 Å². The average Bonchev–Trinajstić information content (AvgIpc) is 2.76. The van der Waals surface area contributed by atoms with E-state index in [0.29, 0.717) is 19.4 Å². The van der Waals surface area contributed by atoms with Gasteiger partial charge in [0.2, 0.25) is 5.91 Å². The van der Waals surface area contributed by atoms with Gasteiger partial charge < -0.3 is 10.0 Å². The molecule has 3 rings (SSSR count). The van der Waals surface area contributed by atoms with E-state index >= 15 is 0 Å². The Bertz CT molecular complexity index is 608. The lowest BCUT2D eigenvalue weighted by atomic mass is 9.82. The number of carboxylic acids is 1. The molecule has 1 heterocycles. The van der Waals surface area contributed by atoms with Gasteiger partial charge in [0.15, 0.2) is 0 Å². The molecule has 0 saturated heterocycles. The van der Waals surface area contributed by atoms with Gasteiger partial charge >= 0.3 is 5.97 Å². The van der Waals surface area contributed by atoms with E-state index in [4.69, 9.17) is 0 Å². The third kappa shape index (κ3) is 2.78. The molecule has 1 N–H and O–H groups in total. The Hall–Kier alpha value is -2.10. The fraction of sp³-hybridized carbons (Fsp3) is 0.444. The largest absolute Gasteiger partial charge is 0.481 e. The van der Waals surface area contributed by atoms with E-state index in [1.807, 2.05) is 35.3 Å². The summed E-state index contributed by atoms with van der Waals surface area (Å²) in [5, 5.41) is 9.40. The minimum Gasteiger partial charge on any atom is -0.481 e. The number of carboxylic acid groups (broad SMARTS) is 1. The van der Waals surface area contributed by atoms with E-state index in [1.165, 1.54) is 5.56 Å². The molecule has 1 aliphatic carbocycles. The van der Waals surface area contributed by atoms with Gasteiger partial charge in [-0.3, -0.25) is 9.59 Å². The van der Waals surface area contributed by atoms with Crippen LogP contribution < -0.4 is 4.90 Å². The Morgan fingerprint density at radius 2 is 1.77 bits per heavy atom. The zero-order valence-electron chi connectivity index (χ0n) is 12.6. The molecule has 1 amide bonds. The van der Waals surface area contributed by atoms with E-state index in [2.05, 4.69) is 6.07 Å². The molecule has 0 saturated carbocycles. The van der Waals surface area contributed by atoms with Gasteiger partial charge in [-0.2, -0.15) is 0 Å². The van der Waals surface area contributed by atoms with Gasteiger partial charge in [0.25, 0.3) is 0 Å². The van der Waals surface area contributed by atoms with E-state index in [9.17, 15) is 14.7 Å². The maximum absolute atomic E-state index is 13.0. The number of benzene rings is 1. The van der Waals surface area contributed by atoms with Crippen LogP contribution in [0.4, 0.5) is 5.69 Å². The van der Waals surface area contributed by atoms with Crippen LogP contribution in [0.15, 0.2) is 36.4 Å². The zero-order chi connectivity index (χ0) is 15.5. The molecule has 2 atom stereocenters. The Kier molecular flexibility index (Phi) is 4.27. The molecule has 1 aromatic rings. The first kappa shape index (κ1) is 14.8. The number of nitrogens with zero attached hydrogens (tertiary/aromatic N) is 1. The molecule has 22 heavy (non-hydrogen) atoms. The van der Waals surface area contributed by atoms with Crippen molar-refractivity contribution in [2.75, 3.05) is 11.4 Å². The zero-order valence-corrected chi connectivity index (χ0v) is 12.6. The fourth-order valence-electron chi connectivity index (χ4n) is 3.48. The summed E-state index contributed by atoms with van der Waals surface area (Å²) in [6, 6.07) is 7.99. The smallest absolute Gasteiger partial charge is 0.307 e. The number of fused-ring (bicyclic) bond motifs is 1. The summed E-state index contributed by atoms with van der Waals surface area (Å²) in [4.78, 5) is 26.3. The van der Waals surface area contributed by atoms with Crippen molar-refractivity contribution < 1.29 is 14.7 Å². The van der Waals surface area contributed by atoms with Crippen molar-refractivity contribution in [2.24, 2.45) is 11.8 Å². The van der Waals surface area contributed by atoms with Gasteiger partial charge in [0.1, 0.15) is 0 Å². The number of hydrogen-bond acceptors (Lipinski definition) is 2. The molecular formula is C18H21NO3. The maximum Gasteiger partial charge on any atom is 0.307 e. The number of aryl methyl sites for hydroxylation is 1. The van der Waals surface area contributed by atoms with Crippen LogP contribution in [0.5, 0.6) is 0 Å². The number of carbonyl (C=O) groups excluding carboxylic acids is 1. The van der Waals surface area contributed by atoms with Crippen LogP contribution >= 0.6 is 0 Å². The molecule has 0 fully saturated rings. The number of carbonyl (C=O) groups is 2. The average molecular weight is 299 g/mol. The van der Waals surface area contributed by atoms with Crippen molar-refractivity contribution in [3.8, 4) is 0 Å². The summed E-state index contributed by atoms with van der Waals surface area (Å²) in [6.45, 7) is 0.683. The van der Waals surface area contributed by atoms with E-state index < -0.39 is 17.8 Å². The molecule has 0 bridgehead atoms. The van der Waals surface area contributed by atoms with Crippen molar-refractivity contribution in [1.82, 2.24) is 0 Å². The summed E-state index contributed by atoms with van der Waals surface area (Å²) in [5.74, 6) is -1.96. The van der Waals surface area contributed by atoms with Crippen LogP contribution in [0.25, 0.3) is 0 Å². The van der Waals surface area contributed by atoms with Crippen LogP contribution in [0.3, 0.4) is 0 Å². The number of hydrogen-bond donors (Lipinski definition) is 1. The molecule has 2 aliphatic rings. The summed E-state index contributed by atoms with van der Waals surface area (Å²) in [6.07, 6.45) is 7.78. The summed E-state index contributed by atoms with van der Waals surface area (Å²) < 4.78 is 0. The van der Waals surface area contributed by atoms with Crippen molar-refractivity contribution in [3.63, 3.8) is 0 Å². The molecule has 1 aromatic carbocycles. The minimum atomic E-state index is -0.870. The van der Waals surface area contributed by atoms with Crippen molar-refractivity contribution in [1.29, 1.82) is 0 Å². The standard InChI is InChI=1S/C18H21NO3/c20-17(14-9-2-3-10-15(14)18(21)22)19-12-6-5-8-13-7-1-4-11-16(13)19/h1-4,7,11,14-15H,5-6,8-10,12H2,(H,21,22)/t14-,15-/m1/s1. The van der Waals surface area contributed by atoms with E-state index in [-0.39, 0.29) is 5.91 Å². The number of rotatable bonds is 2. The highest BCUT2D eigenvalue weighted by molar-refractivity contribution is 5.98. The molecule has 0 aromatic heterocycles. The highest BCUT2D eigenvalue weighted by Crippen LogP contribution is 2.32. The van der Waals surface area contributed by atoms with Crippen LogP contribution in [-0.4, -0.2) is 23.5 Å². The van der Waals surface area contributed by atoms with Crippen LogP contribution in [0.2, 0.25) is 0 Å². The fourth-order valence-corrected chi connectivity index (χ4v) is 3.48. The first-order chi connectivity index (χ1) is 10.7. The Morgan fingerprint density at radius 3 is 2.55 bits per heavy atom. The van der Waals surface area contributed by atoms with Crippen LogP contribution in [0.1, 0.15) is 31.2 Å².